The van der Waals surface area contributed by atoms with Crippen LogP contribution < -0.4 is 0 Å². The van der Waals surface area contributed by atoms with Gasteiger partial charge in [0.2, 0.25) is 5.91 Å². The molecule has 6 nitrogen and oxygen atoms in total. The lowest BCUT2D eigenvalue weighted by Crippen LogP contribution is -2.49. The number of hydrogen-bond donors (Lipinski definition) is 1. The van der Waals surface area contributed by atoms with Gasteiger partial charge in [-0.15, -0.1) is 0 Å². The Balaban J connectivity index is 1.55. The van der Waals surface area contributed by atoms with Crippen LogP contribution in [0.3, 0.4) is 0 Å². The summed E-state index contributed by atoms with van der Waals surface area (Å²) < 4.78 is 5.27. The topological polar surface area (TPSA) is 70.1 Å². The summed E-state index contributed by atoms with van der Waals surface area (Å²) in [6, 6.07) is 9.82. The number of carboxylic acid groups (broad SMARTS) is 1. The first-order valence-electron chi connectivity index (χ1n) is 8.93. The molecule has 2 fully saturated rings. The Labute approximate surface area is 148 Å². The minimum Gasteiger partial charge on any atom is -0.465 e. The van der Waals surface area contributed by atoms with Gasteiger partial charge < -0.3 is 14.7 Å². The van der Waals surface area contributed by atoms with E-state index in [1.807, 2.05) is 11.0 Å². The predicted molar refractivity (Wildman–Crippen MR) is 93.4 cm³/mol. The Kier molecular flexibility index (Phi) is 5.58. The highest BCUT2D eigenvalue weighted by atomic mass is 16.5. The van der Waals surface area contributed by atoms with Crippen molar-refractivity contribution in [3.63, 3.8) is 0 Å². The van der Waals surface area contributed by atoms with Crippen molar-refractivity contribution in [1.82, 2.24) is 9.80 Å². The molecule has 6 heteroatoms. The zero-order valence-electron chi connectivity index (χ0n) is 14.6. The average Bonchev–Trinajstić information content (AvgIpc) is 3.07. The number of benzene rings is 1. The quantitative estimate of drug-likeness (QED) is 0.908. The third kappa shape index (κ3) is 4.12. The molecule has 2 atom stereocenters. The van der Waals surface area contributed by atoms with Gasteiger partial charge in [0.25, 0.3) is 0 Å². The van der Waals surface area contributed by atoms with E-state index >= 15 is 0 Å². The third-order valence-electron chi connectivity index (χ3n) is 5.42. The van der Waals surface area contributed by atoms with Crippen LogP contribution in [0.2, 0.25) is 0 Å². The van der Waals surface area contributed by atoms with E-state index in [1.54, 1.807) is 7.11 Å². The zero-order valence-corrected chi connectivity index (χ0v) is 14.6. The maximum atomic E-state index is 12.8. The van der Waals surface area contributed by atoms with Crippen LogP contribution in [0.5, 0.6) is 0 Å². The Morgan fingerprint density at radius 1 is 1.20 bits per heavy atom. The first-order chi connectivity index (χ1) is 12.1. The van der Waals surface area contributed by atoms with Crippen molar-refractivity contribution in [3.05, 3.63) is 35.9 Å². The van der Waals surface area contributed by atoms with E-state index in [-0.39, 0.29) is 18.6 Å². The summed E-state index contributed by atoms with van der Waals surface area (Å²) in [5.74, 6) is 0.512. The number of carbonyl (C=O) groups excluding carboxylic acids is 1. The van der Waals surface area contributed by atoms with Gasteiger partial charge in [-0.05, 0) is 30.7 Å². The number of amides is 2. The van der Waals surface area contributed by atoms with Gasteiger partial charge in [0.1, 0.15) is 6.04 Å². The number of hydrogen-bond acceptors (Lipinski definition) is 3. The van der Waals surface area contributed by atoms with E-state index in [4.69, 9.17) is 4.74 Å². The Bertz CT molecular complexity index is 599. The SMILES string of the molecule is COC1CC(C(=O)N2CCC(Cc3ccccc3)CC2)N(C(=O)O)C1. The Morgan fingerprint density at radius 3 is 2.48 bits per heavy atom. The lowest BCUT2D eigenvalue weighted by atomic mass is 9.90. The molecular formula is C19H26N2O4. The number of ether oxygens (including phenoxy) is 1. The number of methoxy groups -OCH3 is 1. The molecule has 2 saturated heterocycles. The molecule has 2 aliphatic heterocycles. The smallest absolute Gasteiger partial charge is 0.408 e. The molecule has 0 aliphatic carbocycles. The van der Waals surface area contributed by atoms with Crippen molar-refractivity contribution >= 4 is 12.0 Å². The van der Waals surface area contributed by atoms with Crippen molar-refractivity contribution in [1.29, 1.82) is 0 Å². The Morgan fingerprint density at radius 2 is 1.88 bits per heavy atom. The van der Waals surface area contributed by atoms with Gasteiger partial charge >= 0.3 is 6.09 Å². The molecule has 2 heterocycles. The molecule has 2 aliphatic rings. The van der Waals surface area contributed by atoms with Gasteiger partial charge in [-0.25, -0.2) is 4.79 Å². The van der Waals surface area contributed by atoms with E-state index in [1.165, 1.54) is 10.5 Å². The summed E-state index contributed by atoms with van der Waals surface area (Å²) in [6.07, 6.45) is 2.19. The average molecular weight is 346 g/mol. The summed E-state index contributed by atoms with van der Waals surface area (Å²) in [5, 5.41) is 9.35. The van der Waals surface area contributed by atoms with Crippen LogP contribution in [-0.2, 0) is 16.0 Å². The maximum Gasteiger partial charge on any atom is 0.408 e. The maximum absolute atomic E-state index is 12.8. The van der Waals surface area contributed by atoms with E-state index in [0.717, 1.165) is 19.3 Å². The summed E-state index contributed by atoms with van der Waals surface area (Å²) in [7, 11) is 1.56. The highest BCUT2D eigenvalue weighted by molar-refractivity contribution is 5.86. The van der Waals surface area contributed by atoms with Gasteiger partial charge in [0.15, 0.2) is 0 Å². The molecule has 25 heavy (non-hydrogen) atoms. The molecule has 1 N–H and O–H groups in total. The van der Waals surface area contributed by atoms with Crippen molar-refractivity contribution < 1.29 is 19.4 Å². The normalized spacial score (nSPS) is 24.5. The van der Waals surface area contributed by atoms with Gasteiger partial charge in [-0.2, -0.15) is 0 Å². The predicted octanol–water partition coefficient (Wildman–Crippen LogP) is 2.24. The van der Waals surface area contributed by atoms with Crippen LogP contribution in [0.4, 0.5) is 4.79 Å². The lowest BCUT2D eigenvalue weighted by molar-refractivity contribution is -0.137. The van der Waals surface area contributed by atoms with Crippen LogP contribution in [0.15, 0.2) is 30.3 Å². The molecule has 2 amide bonds. The number of carbonyl (C=O) groups is 2. The van der Waals surface area contributed by atoms with Crippen molar-refractivity contribution in [2.24, 2.45) is 5.92 Å². The second-order valence-electron chi connectivity index (χ2n) is 7.00. The summed E-state index contributed by atoms with van der Waals surface area (Å²) in [4.78, 5) is 27.3. The fourth-order valence-electron chi connectivity index (χ4n) is 3.93. The van der Waals surface area contributed by atoms with Gasteiger partial charge in [0, 0.05) is 26.6 Å². The van der Waals surface area contributed by atoms with E-state index in [9.17, 15) is 14.7 Å². The molecule has 136 valence electrons. The lowest BCUT2D eigenvalue weighted by Gasteiger charge is -2.35. The number of nitrogens with zero attached hydrogens (tertiary/aromatic N) is 2. The molecule has 0 saturated carbocycles. The minimum atomic E-state index is -1.04. The standard InChI is InChI=1S/C19H26N2O4/c1-25-16-12-17(21(13-16)19(23)24)18(22)20-9-7-15(8-10-20)11-14-5-3-2-4-6-14/h2-6,15-17H,7-13H2,1H3,(H,23,24). The van der Waals surface area contributed by atoms with Crippen molar-refractivity contribution in [2.45, 2.75) is 37.8 Å². The summed E-state index contributed by atoms with van der Waals surface area (Å²) in [6.45, 7) is 1.68. The van der Waals surface area contributed by atoms with E-state index < -0.39 is 12.1 Å². The number of rotatable bonds is 4. The second kappa shape index (κ2) is 7.87. The zero-order chi connectivity index (χ0) is 17.8. The van der Waals surface area contributed by atoms with Gasteiger partial charge in [-0.1, -0.05) is 30.3 Å². The molecule has 0 radical (unpaired) electrons. The molecule has 3 rings (SSSR count). The fraction of sp³-hybridized carbons (Fsp3) is 0.579. The molecular weight excluding hydrogens is 320 g/mol. The highest BCUT2D eigenvalue weighted by Crippen LogP contribution is 2.26. The summed E-state index contributed by atoms with van der Waals surface area (Å²) in [5.41, 5.74) is 1.34. The Hall–Kier alpha value is -2.08. The van der Waals surface area contributed by atoms with Crippen LogP contribution in [0.1, 0.15) is 24.8 Å². The van der Waals surface area contributed by atoms with Crippen LogP contribution in [0, 0.1) is 5.92 Å². The largest absolute Gasteiger partial charge is 0.465 e. The van der Waals surface area contributed by atoms with Crippen molar-refractivity contribution in [2.75, 3.05) is 26.7 Å². The molecule has 2 unspecified atom stereocenters. The van der Waals surface area contributed by atoms with Crippen LogP contribution in [-0.4, -0.2) is 65.8 Å². The van der Waals surface area contributed by atoms with Gasteiger partial charge in [-0.3, -0.25) is 9.69 Å². The first-order valence-corrected chi connectivity index (χ1v) is 8.93. The van der Waals surface area contributed by atoms with E-state index in [0.29, 0.717) is 25.4 Å². The molecule has 0 spiro atoms. The molecule has 1 aromatic rings. The monoisotopic (exact) mass is 346 g/mol. The second-order valence-corrected chi connectivity index (χ2v) is 7.00. The fourth-order valence-corrected chi connectivity index (χ4v) is 3.93. The molecule has 0 bridgehead atoms. The number of likely N-dealkylation sites (tertiary alicyclic amines) is 2. The highest BCUT2D eigenvalue weighted by Gasteiger charge is 2.42. The van der Waals surface area contributed by atoms with E-state index in [2.05, 4.69) is 24.3 Å². The molecule has 1 aromatic carbocycles. The molecule has 0 aromatic heterocycles. The summed E-state index contributed by atoms with van der Waals surface area (Å²) >= 11 is 0. The van der Waals surface area contributed by atoms with Gasteiger partial charge in [0.05, 0.1) is 12.6 Å². The van der Waals surface area contributed by atoms with Crippen LogP contribution >= 0.6 is 0 Å². The van der Waals surface area contributed by atoms with Crippen LogP contribution in [0.25, 0.3) is 0 Å². The third-order valence-corrected chi connectivity index (χ3v) is 5.42. The number of piperidine rings is 1. The first kappa shape index (κ1) is 17.7. The van der Waals surface area contributed by atoms with Crippen molar-refractivity contribution in [3.8, 4) is 0 Å². The minimum absolute atomic E-state index is 0.0693.